The van der Waals surface area contributed by atoms with Gasteiger partial charge >= 0.3 is 0 Å². The molecule has 0 aromatic heterocycles. The number of hydrogen-bond donors (Lipinski definition) is 1. The van der Waals surface area contributed by atoms with Crippen LogP contribution in [0.3, 0.4) is 0 Å². The number of nitrogens with two attached hydrogens (primary N) is 1. The topological polar surface area (TPSA) is 44.5 Å². The predicted molar refractivity (Wildman–Crippen MR) is 59.3 cm³/mol. The largest absolute Gasteiger partial charge is 0.398 e. The zero-order valence-corrected chi connectivity index (χ0v) is 9.51. The molecule has 1 aromatic carbocycles. The van der Waals surface area contributed by atoms with E-state index in [1.54, 1.807) is 20.3 Å². The molecule has 0 aliphatic heterocycles. The lowest BCUT2D eigenvalue weighted by Gasteiger charge is -2.13. The quantitative estimate of drug-likeness (QED) is 0.479. The highest BCUT2D eigenvalue weighted by molar-refractivity contribution is 7.99. The maximum atomic E-state index is 12.7. The Kier molecular flexibility index (Phi) is 4.87. The number of hydrogen-bond acceptors (Lipinski definition) is 4. The summed E-state index contributed by atoms with van der Waals surface area (Å²) < 4.78 is 22.8. The van der Waals surface area contributed by atoms with Crippen molar-refractivity contribution < 1.29 is 13.9 Å². The molecule has 0 aliphatic rings. The molecule has 0 atom stereocenters. The van der Waals surface area contributed by atoms with Gasteiger partial charge in [0.05, 0.1) is 0 Å². The van der Waals surface area contributed by atoms with Crippen LogP contribution in [0.2, 0.25) is 0 Å². The van der Waals surface area contributed by atoms with E-state index in [1.807, 2.05) is 0 Å². The van der Waals surface area contributed by atoms with Crippen LogP contribution in [0.15, 0.2) is 23.1 Å². The Hall–Kier alpha value is -0.780. The summed E-state index contributed by atoms with van der Waals surface area (Å²) in [6.45, 7) is 0. The van der Waals surface area contributed by atoms with E-state index in [0.29, 0.717) is 11.4 Å². The molecule has 0 radical (unpaired) electrons. The van der Waals surface area contributed by atoms with Crippen molar-refractivity contribution in [3.8, 4) is 0 Å². The minimum atomic E-state index is -0.327. The molecule has 0 amide bonds. The Morgan fingerprint density at radius 3 is 2.60 bits per heavy atom. The van der Waals surface area contributed by atoms with Crippen molar-refractivity contribution in [2.45, 2.75) is 11.2 Å². The second-order valence-corrected chi connectivity index (χ2v) is 3.96. The van der Waals surface area contributed by atoms with Crippen LogP contribution in [0.1, 0.15) is 0 Å². The molecule has 0 aliphatic carbocycles. The fraction of sp³-hybridized carbons (Fsp3) is 0.400. The van der Waals surface area contributed by atoms with E-state index in [4.69, 9.17) is 15.2 Å². The molecule has 2 N–H and O–H groups in total. The van der Waals surface area contributed by atoms with Gasteiger partial charge in [-0.05, 0) is 18.2 Å². The van der Waals surface area contributed by atoms with Crippen molar-refractivity contribution in [1.82, 2.24) is 0 Å². The summed E-state index contributed by atoms with van der Waals surface area (Å²) in [6, 6.07) is 4.34. The molecular weight excluding hydrogens is 217 g/mol. The minimum Gasteiger partial charge on any atom is -0.398 e. The zero-order chi connectivity index (χ0) is 11.3. The lowest BCUT2D eigenvalue weighted by molar-refractivity contribution is -0.0842. The van der Waals surface area contributed by atoms with Gasteiger partial charge in [0, 0.05) is 30.6 Å². The fourth-order valence-corrected chi connectivity index (χ4v) is 2.02. The first-order chi connectivity index (χ1) is 7.17. The molecule has 84 valence electrons. The van der Waals surface area contributed by atoms with Crippen LogP contribution >= 0.6 is 11.8 Å². The smallest absolute Gasteiger partial charge is 0.166 e. The number of benzene rings is 1. The molecule has 1 aromatic rings. The third-order valence-electron chi connectivity index (χ3n) is 1.87. The van der Waals surface area contributed by atoms with Gasteiger partial charge in [-0.25, -0.2) is 4.39 Å². The van der Waals surface area contributed by atoms with Crippen molar-refractivity contribution in [2.24, 2.45) is 0 Å². The van der Waals surface area contributed by atoms with Gasteiger partial charge in [-0.3, -0.25) is 0 Å². The van der Waals surface area contributed by atoms with Crippen LogP contribution < -0.4 is 5.73 Å². The average Bonchev–Trinajstić information content (AvgIpc) is 2.22. The molecule has 0 spiro atoms. The van der Waals surface area contributed by atoms with Gasteiger partial charge in [-0.15, -0.1) is 11.8 Å². The third-order valence-corrected chi connectivity index (χ3v) is 2.99. The number of halogens is 1. The van der Waals surface area contributed by atoms with Gasteiger partial charge in [0.25, 0.3) is 0 Å². The van der Waals surface area contributed by atoms with Gasteiger partial charge in [0.1, 0.15) is 5.82 Å². The summed E-state index contributed by atoms with van der Waals surface area (Å²) in [7, 11) is 3.14. The lowest BCUT2D eigenvalue weighted by Crippen LogP contribution is -2.15. The molecule has 0 unspecified atom stereocenters. The van der Waals surface area contributed by atoms with Crippen LogP contribution in [-0.4, -0.2) is 26.3 Å². The minimum absolute atomic E-state index is 0.278. The highest BCUT2D eigenvalue weighted by atomic mass is 32.2. The molecule has 0 saturated heterocycles. The summed E-state index contributed by atoms with van der Waals surface area (Å²) in [5.41, 5.74) is 6.08. The van der Waals surface area contributed by atoms with E-state index < -0.39 is 0 Å². The second-order valence-electron chi connectivity index (χ2n) is 2.89. The molecule has 3 nitrogen and oxygen atoms in total. The summed E-state index contributed by atoms with van der Waals surface area (Å²) in [6.07, 6.45) is -0.278. The Balaban J connectivity index is 2.57. The van der Waals surface area contributed by atoms with Crippen LogP contribution in [0.5, 0.6) is 0 Å². The van der Waals surface area contributed by atoms with Crippen molar-refractivity contribution in [1.29, 1.82) is 0 Å². The van der Waals surface area contributed by atoms with Crippen LogP contribution in [0, 0.1) is 5.82 Å². The van der Waals surface area contributed by atoms with E-state index in [0.717, 1.165) is 4.90 Å². The number of ether oxygens (including phenoxy) is 2. The molecular formula is C10H14FNO2S. The maximum Gasteiger partial charge on any atom is 0.166 e. The summed E-state index contributed by atoms with van der Waals surface area (Å²) in [4.78, 5) is 0.829. The number of nitrogen functional groups attached to an aromatic ring is 1. The van der Waals surface area contributed by atoms with Crippen molar-refractivity contribution in [2.75, 3.05) is 25.7 Å². The van der Waals surface area contributed by atoms with E-state index >= 15 is 0 Å². The van der Waals surface area contributed by atoms with Gasteiger partial charge in [0.2, 0.25) is 0 Å². The zero-order valence-electron chi connectivity index (χ0n) is 8.70. The maximum absolute atomic E-state index is 12.7. The SMILES string of the molecule is COC(CSc1ccc(F)cc1N)OC. The molecule has 0 heterocycles. The summed E-state index contributed by atoms with van der Waals surface area (Å²) in [5, 5.41) is 0. The molecule has 1 rings (SSSR count). The van der Waals surface area contributed by atoms with E-state index in [-0.39, 0.29) is 12.1 Å². The first kappa shape index (κ1) is 12.3. The third kappa shape index (κ3) is 3.70. The predicted octanol–water partition coefficient (Wildman–Crippen LogP) is 2.12. The van der Waals surface area contributed by atoms with Crippen LogP contribution in [-0.2, 0) is 9.47 Å². The number of thioether (sulfide) groups is 1. The molecule has 0 bridgehead atoms. The lowest BCUT2D eigenvalue weighted by atomic mass is 10.3. The Morgan fingerprint density at radius 2 is 2.07 bits per heavy atom. The average molecular weight is 231 g/mol. The van der Waals surface area contributed by atoms with Crippen molar-refractivity contribution in [3.63, 3.8) is 0 Å². The molecule has 0 fully saturated rings. The summed E-state index contributed by atoms with van der Waals surface area (Å²) in [5.74, 6) is 0.287. The number of rotatable bonds is 5. The Morgan fingerprint density at radius 1 is 1.40 bits per heavy atom. The van der Waals surface area contributed by atoms with Crippen LogP contribution in [0.4, 0.5) is 10.1 Å². The highest BCUT2D eigenvalue weighted by Crippen LogP contribution is 2.26. The molecule has 5 heteroatoms. The van der Waals surface area contributed by atoms with E-state index in [2.05, 4.69) is 0 Å². The molecule has 15 heavy (non-hydrogen) atoms. The monoisotopic (exact) mass is 231 g/mol. The van der Waals surface area contributed by atoms with Crippen molar-refractivity contribution >= 4 is 17.4 Å². The van der Waals surface area contributed by atoms with Crippen molar-refractivity contribution in [3.05, 3.63) is 24.0 Å². The van der Waals surface area contributed by atoms with Crippen LogP contribution in [0.25, 0.3) is 0 Å². The van der Waals surface area contributed by atoms with E-state index in [1.165, 1.54) is 23.9 Å². The van der Waals surface area contributed by atoms with E-state index in [9.17, 15) is 4.39 Å². The van der Waals surface area contributed by atoms with Gasteiger partial charge in [-0.1, -0.05) is 0 Å². The highest BCUT2D eigenvalue weighted by Gasteiger charge is 2.08. The number of anilines is 1. The standard InChI is InChI=1S/C10H14FNO2S/c1-13-10(14-2)6-15-9-4-3-7(11)5-8(9)12/h3-5,10H,6,12H2,1-2H3. The summed E-state index contributed by atoms with van der Waals surface area (Å²) >= 11 is 1.47. The first-order valence-corrected chi connectivity index (χ1v) is 5.39. The first-order valence-electron chi connectivity index (χ1n) is 4.40. The number of methoxy groups -OCH3 is 2. The van der Waals surface area contributed by atoms with Gasteiger partial charge in [-0.2, -0.15) is 0 Å². The second kappa shape index (κ2) is 5.95. The fourth-order valence-electron chi connectivity index (χ4n) is 1.04. The Labute approximate surface area is 92.7 Å². The normalized spacial score (nSPS) is 10.9. The van der Waals surface area contributed by atoms with Gasteiger partial charge in [0.15, 0.2) is 6.29 Å². The van der Waals surface area contributed by atoms with Gasteiger partial charge < -0.3 is 15.2 Å². The Bertz CT molecular complexity index is 318. The molecule has 0 saturated carbocycles.